The summed E-state index contributed by atoms with van der Waals surface area (Å²) >= 11 is 5.98. The van der Waals surface area contributed by atoms with Crippen molar-refractivity contribution < 1.29 is 19.2 Å². The van der Waals surface area contributed by atoms with E-state index in [1.807, 2.05) is 6.92 Å². The number of benzene rings is 2. The van der Waals surface area contributed by atoms with Crippen molar-refractivity contribution in [2.75, 3.05) is 22.5 Å². The third-order valence-electron chi connectivity index (χ3n) is 3.53. The van der Waals surface area contributed by atoms with Gasteiger partial charge in [0.15, 0.2) is 0 Å². The molecule has 0 radical (unpaired) electrons. The highest BCUT2D eigenvalue weighted by molar-refractivity contribution is 6.40. The van der Waals surface area contributed by atoms with Gasteiger partial charge in [0, 0.05) is 29.0 Å². The van der Waals surface area contributed by atoms with Gasteiger partial charge in [-0.3, -0.25) is 19.2 Å². The van der Waals surface area contributed by atoms with E-state index in [4.69, 9.17) is 11.6 Å². The highest BCUT2D eigenvalue weighted by atomic mass is 35.5. The fourth-order valence-corrected chi connectivity index (χ4v) is 2.33. The van der Waals surface area contributed by atoms with Crippen molar-refractivity contribution in [2.45, 2.75) is 13.8 Å². The molecule has 4 N–H and O–H groups in total. The molecule has 146 valence electrons. The Balaban J connectivity index is 1.81. The van der Waals surface area contributed by atoms with Crippen LogP contribution in [0.1, 0.15) is 12.5 Å². The third kappa shape index (κ3) is 6.40. The molecule has 8 nitrogen and oxygen atoms in total. The average Bonchev–Trinajstić information content (AvgIpc) is 2.64. The van der Waals surface area contributed by atoms with Gasteiger partial charge in [-0.05, 0) is 48.9 Å². The Morgan fingerprint density at radius 1 is 0.821 bits per heavy atom. The van der Waals surface area contributed by atoms with Gasteiger partial charge in [-0.15, -0.1) is 0 Å². The molecule has 0 aromatic heterocycles. The van der Waals surface area contributed by atoms with Crippen LogP contribution in [0.2, 0.25) is 5.02 Å². The van der Waals surface area contributed by atoms with E-state index in [1.54, 1.807) is 30.3 Å². The van der Waals surface area contributed by atoms with Crippen molar-refractivity contribution in [1.29, 1.82) is 0 Å². The maximum atomic E-state index is 11.9. The summed E-state index contributed by atoms with van der Waals surface area (Å²) in [7, 11) is 0. The number of nitrogens with one attached hydrogen (secondary N) is 4. The number of amides is 4. The number of carbonyl (C=O) groups is 4. The molecule has 2 rings (SSSR count). The highest BCUT2D eigenvalue weighted by Gasteiger charge is 2.15. The van der Waals surface area contributed by atoms with Crippen LogP contribution in [0.15, 0.2) is 42.5 Å². The van der Waals surface area contributed by atoms with Crippen molar-refractivity contribution in [1.82, 2.24) is 5.32 Å². The Morgan fingerprint density at radius 2 is 1.39 bits per heavy atom. The quantitative estimate of drug-likeness (QED) is 0.574. The molecule has 0 unspecified atom stereocenters. The fourth-order valence-electron chi connectivity index (χ4n) is 2.14. The molecule has 0 saturated carbocycles. The molecule has 0 heterocycles. The van der Waals surface area contributed by atoms with E-state index < -0.39 is 17.7 Å². The average molecular weight is 403 g/mol. The number of carbonyl (C=O) groups excluding carboxylic acids is 4. The molecule has 0 aliphatic rings. The molecule has 2 aromatic rings. The van der Waals surface area contributed by atoms with Gasteiger partial charge in [-0.25, -0.2) is 0 Å². The zero-order chi connectivity index (χ0) is 20.7. The summed E-state index contributed by atoms with van der Waals surface area (Å²) in [5, 5.41) is 10.3. The Hall–Kier alpha value is -3.39. The molecule has 28 heavy (non-hydrogen) atoms. The first-order chi connectivity index (χ1) is 13.2. The Morgan fingerprint density at radius 3 is 1.96 bits per heavy atom. The molecule has 0 fully saturated rings. The number of aryl methyl sites for hydroxylation is 1. The molecule has 4 amide bonds. The third-order valence-corrected chi connectivity index (χ3v) is 3.94. The van der Waals surface area contributed by atoms with E-state index in [9.17, 15) is 19.2 Å². The van der Waals surface area contributed by atoms with E-state index in [1.165, 1.54) is 19.1 Å². The minimum absolute atomic E-state index is 0.220. The van der Waals surface area contributed by atoms with Crippen molar-refractivity contribution in [3.8, 4) is 0 Å². The minimum Gasteiger partial charge on any atom is -0.339 e. The lowest BCUT2D eigenvalue weighted by atomic mass is 10.2. The Labute approximate surface area is 166 Å². The lowest BCUT2D eigenvalue weighted by Crippen LogP contribution is -2.39. The second-order valence-electron chi connectivity index (χ2n) is 5.91. The summed E-state index contributed by atoms with van der Waals surface area (Å²) < 4.78 is 0. The summed E-state index contributed by atoms with van der Waals surface area (Å²) in [5.74, 6) is -2.59. The molecule has 2 aromatic carbocycles. The predicted molar refractivity (Wildman–Crippen MR) is 107 cm³/mol. The van der Waals surface area contributed by atoms with Gasteiger partial charge >= 0.3 is 11.8 Å². The zero-order valence-corrected chi connectivity index (χ0v) is 16.0. The van der Waals surface area contributed by atoms with E-state index in [0.717, 1.165) is 5.56 Å². The normalized spacial score (nSPS) is 9.96. The molecule has 0 saturated heterocycles. The number of halogens is 1. The Bertz CT molecular complexity index is 913. The SMILES string of the molecule is CC(=O)Nc1ccc(NC(=O)C(=O)NCC(=O)Nc2ccc(C)c(Cl)c2)cc1. The van der Waals surface area contributed by atoms with E-state index >= 15 is 0 Å². The predicted octanol–water partition coefficient (Wildman–Crippen LogP) is 2.30. The fraction of sp³-hybridized carbons (Fsp3) is 0.158. The molecule has 9 heteroatoms. The Kier molecular flexibility index (Phi) is 7.11. The van der Waals surface area contributed by atoms with E-state index in [2.05, 4.69) is 21.3 Å². The largest absolute Gasteiger partial charge is 0.339 e. The number of rotatable bonds is 5. The lowest BCUT2D eigenvalue weighted by molar-refractivity contribution is -0.136. The second kappa shape index (κ2) is 9.52. The first kappa shape index (κ1) is 20.9. The maximum Gasteiger partial charge on any atom is 0.313 e. The molecular formula is C19H19ClN4O4. The number of hydrogen-bond donors (Lipinski definition) is 4. The van der Waals surface area contributed by atoms with Gasteiger partial charge in [0.25, 0.3) is 0 Å². The van der Waals surface area contributed by atoms with Gasteiger partial charge < -0.3 is 21.3 Å². The summed E-state index contributed by atoms with van der Waals surface area (Å²) in [6.07, 6.45) is 0. The zero-order valence-electron chi connectivity index (χ0n) is 15.3. The van der Waals surface area contributed by atoms with Crippen LogP contribution in [0.3, 0.4) is 0 Å². The first-order valence-corrected chi connectivity index (χ1v) is 8.65. The molecule has 0 aliphatic carbocycles. The van der Waals surface area contributed by atoms with Crippen LogP contribution in [0.5, 0.6) is 0 Å². The lowest BCUT2D eigenvalue weighted by Gasteiger charge is -2.09. The topological polar surface area (TPSA) is 116 Å². The molecule has 0 bridgehead atoms. The maximum absolute atomic E-state index is 11.9. The standard InChI is InChI=1S/C19H19ClN4O4/c1-11-3-4-15(9-16(11)20)23-17(26)10-21-18(27)19(28)24-14-7-5-13(6-8-14)22-12(2)25/h3-9H,10H2,1-2H3,(H,21,27)(H,22,25)(H,23,26)(H,24,28). The summed E-state index contributed by atoms with van der Waals surface area (Å²) in [4.78, 5) is 46.6. The van der Waals surface area contributed by atoms with Crippen molar-refractivity contribution in [2.24, 2.45) is 0 Å². The van der Waals surface area contributed by atoms with Gasteiger partial charge in [-0.1, -0.05) is 17.7 Å². The van der Waals surface area contributed by atoms with Crippen LogP contribution in [0, 0.1) is 6.92 Å². The van der Waals surface area contributed by atoms with E-state index in [0.29, 0.717) is 22.1 Å². The van der Waals surface area contributed by atoms with E-state index in [-0.39, 0.29) is 12.5 Å². The number of hydrogen-bond acceptors (Lipinski definition) is 4. The van der Waals surface area contributed by atoms with Crippen LogP contribution in [0.25, 0.3) is 0 Å². The van der Waals surface area contributed by atoms with Gasteiger partial charge in [-0.2, -0.15) is 0 Å². The van der Waals surface area contributed by atoms with Crippen LogP contribution in [-0.2, 0) is 19.2 Å². The molecular weight excluding hydrogens is 384 g/mol. The minimum atomic E-state index is -0.956. The van der Waals surface area contributed by atoms with Gasteiger partial charge in [0.2, 0.25) is 11.8 Å². The molecule has 0 aliphatic heterocycles. The molecule has 0 atom stereocenters. The van der Waals surface area contributed by atoms with Crippen LogP contribution in [0.4, 0.5) is 17.1 Å². The van der Waals surface area contributed by atoms with Gasteiger partial charge in [0.1, 0.15) is 0 Å². The van der Waals surface area contributed by atoms with Gasteiger partial charge in [0.05, 0.1) is 6.54 Å². The first-order valence-electron chi connectivity index (χ1n) is 8.27. The van der Waals surface area contributed by atoms with Crippen molar-refractivity contribution in [3.05, 3.63) is 53.1 Å². The highest BCUT2D eigenvalue weighted by Crippen LogP contribution is 2.19. The summed E-state index contributed by atoms with van der Waals surface area (Å²) in [6, 6.07) is 11.2. The monoisotopic (exact) mass is 402 g/mol. The number of anilines is 3. The van der Waals surface area contributed by atoms with Crippen LogP contribution in [-0.4, -0.2) is 30.2 Å². The van der Waals surface area contributed by atoms with Crippen LogP contribution >= 0.6 is 11.6 Å². The van der Waals surface area contributed by atoms with Crippen molar-refractivity contribution in [3.63, 3.8) is 0 Å². The summed E-state index contributed by atoms with van der Waals surface area (Å²) in [5.41, 5.74) is 2.28. The smallest absolute Gasteiger partial charge is 0.313 e. The van der Waals surface area contributed by atoms with Crippen molar-refractivity contribution >= 4 is 52.3 Å². The molecule has 0 spiro atoms. The van der Waals surface area contributed by atoms with Crippen LogP contribution < -0.4 is 21.3 Å². The summed E-state index contributed by atoms with van der Waals surface area (Å²) in [6.45, 7) is 2.84. The second-order valence-corrected chi connectivity index (χ2v) is 6.31.